The molecule has 0 fully saturated rings. The number of esters is 1. The second-order valence-corrected chi connectivity index (χ2v) is 5.18. The number of halogens is 3. The van der Waals surface area contributed by atoms with Crippen molar-refractivity contribution in [3.05, 3.63) is 53.9 Å². The van der Waals surface area contributed by atoms with Crippen LogP contribution in [0.15, 0.2) is 47.1 Å². The summed E-state index contributed by atoms with van der Waals surface area (Å²) in [6.07, 6.45) is -3.33. The van der Waals surface area contributed by atoms with E-state index in [1.54, 1.807) is 0 Å². The molecule has 0 aliphatic heterocycles. The van der Waals surface area contributed by atoms with Crippen LogP contribution in [0.3, 0.4) is 0 Å². The van der Waals surface area contributed by atoms with Crippen LogP contribution < -0.4 is 4.74 Å². The fourth-order valence-electron chi connectivity index (χ4n) is 2.40. The van der Waals surface area contributed by atoms with Crippen LogP contribution >= 0.6 is 0 Å². The molecule has 3 aromatic rings. The molecule has 0 aliphatic carbocycles. The Morgan fingerprint density at radius 2 is 1.96 bits per heavy atom. The van der Waals surface area contributed by atoms with Gasteiger partial charge >= 0.3 is 12.1 Å². The van der Waals surface area contributed by atoms with Gasteiger partial charge < -0.3 is 13.9 Å². The first kappa shape index (κ1) is 17.6. The summed E-state index contributed by atoms with van der Waals surface area (Å²) in [6.45, 7) is 0. The zero-order valence-electron chi connectivity index (χ0n) is 13.7. The fraction of sp³-hybridized carbons (Fsp3) is 0.176. The number of hydrogen-bond acceptors (Lipinski definition) is 5. The summed E-state index contributed by atoms with van der Waals surface area (Å²) in [5, 5.41) is 3.62. The predicted molar refractivity (Wildman–Crippen MR) is 84.2 cm³/mol. The fourth-order valence-corrected chi connectivity index (χ4v) is 2.40. The summed E-state index contributed by atoms with van der Waals surface area (Å²) < 4.78 is 55.5. The third-order valence-electron chi connectivity index (χ3n) is 3.61. The molecule has 0 bridgehead atoms. The maximum absolute atomic E-state index is 13.2. The minimum Gasteiger partial charge on any atom is -0.497 e. The SMILES string of the molecule is COC(=O)c1cc(OC)ccc1-n1nc(C(F)(F)F)cc1-c1ccco1. The summed E-state index contributed by atoms with van der Waals surface area (Å²) in [5.41, 5.74) is -0.982. The Balaban J connectivity index is 2.26. The zero-order valence-corrected chi connectivity index (χ0v) is 13.7. The topological polar surface area (TPSA) is 66.5 Å². The molecule has 0 atom stereocenters. The number of methoxy groups -OCH3 is 2. The lowest BCUT2D eigenvalue weighted by atomic mass is 10.1. The standard InChI is InChI=1S/C17H13F3N2O4/c1-24-10-5-6-12(11(8-10)16(23)25-2)22-13(14-4-3-7-26-14)9-15(21-22)17(18,19)20/h3-9H,1-2H3. The van der Waals surface area contributed by atoms with Gasteiger partial charge in [-0.25, -0.2) is 9.48 Å². The van der Waals surface area contributed by atoms with Crippen LogP contribution in [0.25, 0.3) is 17.1 Å². The first-order chi connectivity index (χ1) is 12.3. The molecule has 0 saturated heterocycles. The zero-order chi connectivity index (χ0) is 18.9. The van der Waals surface area contributed by atoms with Crippen molar-refractivity contribution in [2.45, 2.75) is 6.18 Å². The molecule has 1 aromatic carbocycles. The molecule has 0 unspecified atom stereocenters. The van der Waals surface area contributed by atoms with Gasteiger partial charge in [-0.2, -0.15) is 18.3 Å². The normalized spacial score (nSPS) is 11.4. The van der Waals surface area contributed by atoms with Crippen LogP contribution in [0.5, 0.6) is 5.75 Å². The average molecular weight is 366 g/mol. The van der Waals surface area contributed by atoms with E-state index in [0.717, 1.165) is 10.7 Å². The van der Waals surface area contributed by atoms with Gasteiger partial charge in [0, 0.05) is 6.07 Å². The minimum atomic E-state index is -4.66. The molecule has 0 N–H and O–H groups in total. The number of aromatic nitrogens is 2. The molecule has 0 amide bonds. The van der Waals surface area contributed by atoms with Gasteiger partial charge in [-0.1, -0.05) is 0 Å². The molecule has 0 spiro atoms. The van der Waals surface area contributed by atoms with Crippen molar-refractivity contribution < 1.29 is 31.9 Å². The number of ether oxygens (including phenoxy) is 2. The average Bonchev–Trinajstić information content (AvgIpc) is 3.29. The molecule has 0 saturated carbocycles. The lowest BCUT2D eigenvalue weighted by molar-refractivity contribution is -0.141. The van der Waals surface area contributed by atoms with E-state index in [2.05, 4.69) is 5.10 Å². The third-order valence-corrected chi connectivity index (χ3v) is 3.61. The first-order valence-corrected chi connectivity index (χ1v) is 7.33. The molecule has 136 valence electrons. The Morgan fingerprint density at radius 3 is 2.54 bits per heavy atom. The predicted octanol–water partition coefficient (Wildman–Crippen LogP) is 3.95. The van der Waals surface area contributed by atoms with E-state index in [1.165, 1.54) is 50.8 Å². The molecule has 0 aliphatic rings. The van der Waals surface area contributed by atoms with E-state index >= 15 is 0 Å². The van der Waals surface area contributed by atoms with Crippen molar-refractivity contribution >= 4 is 5.97 Å². The quantitative estimate of drug-likeness (QED) is 0.654. The van der Waals surface area contributed by atoms with Crippen LogP contribution in [-0.4, -0.2) is 30.0 Å². The molecule has 2 heterocycles. The van der Waals surface area contributed by atoms with Crippen molar-refractivity contribution in [2.75, 3.05) is 14.2 Å². The van der Waals surface area contributed by atoms with E-state index < -0.39 is 17.8 Å². The number of furan rings is 1. The maximum atomic E-state index is 13.2. The second kappa shape index (κ2) is 6.58. The summed E-state index contributed by atoms with van der Waals surface area (Å²) >= 11 is 0. The number of rotatable bonds is 4. The molecule has 9 heteroatoms. The number of benzene rings is 1. The van der Waals surface area contributed by atoms with Crippen LogP contribution in [0.2, 0.25) is 0 Å². The van der Waals surface area contributed by atoms with Gasteiger partial charge in [0.25, 0.3) is 0 Å². The van der Waals surface area contributed by atoms with Gasteiger partial charge in [0.15, 0.2) is 11.5 Å². The number of carbonyl (C=O) groups is 1. The van der Waals surface area contributed by atoms with Crippen molar-refractivity contribution in [2.24, 2.45) is 0 Å². The number of nitrogens with zero attached hydrogens (tertiary/aromatic N) is 2. The van der Waals surface area contributed by atoms with Crippen molar-refractivity contribution in [1.82, 2.24) is 9.78 Å². The van der Waals surface area contributed by atoms with Crippen LogP contribution in [0, 0.1) is 0 Å². The highest BCUT2D eigenvalue weighted by Gasteiger charge is 2.36. The number of hydrogen-bond donors (Lipinski definition) is 0. The highest BCUT2D eigenvalue weighted by Crippen LogP contribution is 2.34. The second-order valence-electron chi connectivity index (χ2n) is 5.18. The molecule has 3 rings (SSSR count). The largest absolute Gasteiger partial charge is 0.497 e. The highest BCUT2D eigenvalue weighted by molar-refractivity contribution is 5.94. The van der Waals surface area contributed by atoms with E-state index in [-0.39, 0.29) is 22.7 Å². The van der Waals surface area contributed by atoms with Gasteiger partial charge in [-0.15, -0.1) is 0 Å². The smallest absolute Gasteiger partial charge is 0.435 e. The van der Waals surface area contributed by atoms with Crippen molar-refractivity contribution in [1.29, 1.82) is 0 Å². The monoisotopic (exact) mass is 366 g/mol. The summed E-state index contributed by atoms with van der Waals surface area (Å²) in [6, 6.07) is 8.17. The molecular formula is C17H13F3N2O4. The number of carbonyl (C=O) groups excluding carboxylic acids is 1. The Labute approximate surface area is 145 Å². The Hall–Kier alpha value is -3.23. The van der Waals surface area contributed by atoms with Crippen molar-refractivity contribution in [3.63, 3.8) is 0 Å². The van der Waals surface area contributed by atoms with Gasteiger partial charge in [-0.3, -0.25) is 0 Å². The molecular weight excluding hydrogens is 353 g/mol. The first-order valence-electron chi connectivity index (χ1n) is 7.33. The molecule has 26 heavy (non-hydrogen) atoms. The Kier molecular flexibility index (Phi) is 4.45. The summed E-state index contributed by atoms with van der Waals surface area (Å²) in [5.74, 6) is -0.232. The van der Waals surface area contributed by atoms with Crippen LogP contribution in [0.4, 0.5) is 13.2 Å². The van der Waals surface area contributed by atoms with E-state index in [9.17, 15) is 18.0 Å². The van der Waals surface area contributed by atoms with Crippen LogP contribution in [-0.2, 0) is 10.9 Å². The lowest BCUT2D eigenvalue weighted by Crippen LogP contribution is -2.11. The molecule has 2 aromatic heterocycles. The van der Waals surface area contributed by atoms with Gasteiger partial charge in [0.05, 0.1) is 31.7 Å². The van der Waals surface area contributed by atoms with E-state index in [1.807, 2.05) is 0 Å². The lowest BCUT2D eigenvalue weighted by Gasteiger charge is -2.12. The molecule has 6 nitrogen and oxygen atoms in total. The van der Waals surface area contributed by atoms with Gasteiger partial charge in [0.1, 0.15) is 11.4 Å². The van der Waals surface area contributed by atoms with Crippen LogP contribution in [0.1, 0.15) is 16.1 Å². The Morgan fingerprint density at radius 1 is 1.19 bits per heavy atom. The van der Waals surface area contributed by atoms with Crippen molar-refractivity contribution in [3.8, 4) is 22.9 Å². The summed E-state index contributed by atoms with van der Waals surface area (Å²) in [4.78, 5) is 12.1. The van der Waals surface area contributed by atoms with Gasteiger partial charge in [0.2, 0.25) is 0 Å². The third kappa shape index (κ3) is 3.15. The maximum Gasteiger partial charge on any atom is 0.435 e. The number of alkyl halides is 3. The minimum absolute atomic E-state index is 0.00326. The van der Waals surface area contributed by atoms with E-state index in [0.29, 0.717) is 5.75 Å². The Bertz CT molecular complexity index is 930. The molecule has 0 radical (unpaired) electrons. The summed E-state index contributed by atoms with van der Waals surface area (Å²) in [7, 11) is 2.57. The highest BCUT2D eigenvalue weighted by atomic mass is 19.4. The van der Waals surface area contributed by atoms with Gasteiger partial charge in [-0.05, 0) is 30.3 Å². The van der Waals surface area contributed by atoms with E-state index in [4.69, 9.17) is 13.9 Å².